The van der Waals surface area contributed by atoms with Crippen molar-refractivity contribution in [2.24, 2.45) is 4.99 Å². The molecule has 1 heterocycles. The van der Waals surface area contributed by atoms with Crippen molar-refractivity contribution in [2.45, 2.75) is 20.5 Å². The molecule has 0 amide bonds. The first-order chi connectivity index (χ1) is 19.3. The fourth-order valence-electron chi connectivity index (χ4n) is 3.67. The van der Waals surface area contributed by atoms with Crippen LogP contribution in [0.1, 0.15) is 25.0 Å². The van der Waals surface area contributed by atoms with Crippen molar-refractivity contribution in [3.8, 4) is 11.5 Å². The Hall–Kier alpha value is -4.09. The number of benzene rings is 3. The fourth-order valence-corrected chi connectivity index (χ4v) is 5.13. The Morgan fingerprint density at radius 3 is 2.40 bits per heavy atom. The number of hydrogen-bond acceptors (Lipinski definition) is 9. The van der Waals surface area contributed by atoms with Crippen LogP contribution in [-0.4, -0.2) is 34.3 Å². The number of non-ortho nitro benzene ring substituents is 1. The molecular weight excluding hydrogens is 600 g/mol. The van der Waals surface area contributed by atoms with E-state index in [1.54, 1.807) is 49.4 Å². The quantitative estimate of drug-likeness (QED) is 0.140. The number of aliphatic hydroxyl groups excluding tert-OH is 1. The van der Waals surface area contributed by atoms with Gasteiger partial charge in [-0.05, 0) is 67.4 Å². The molecule has 1 N–H and O–H groups in total. The van der Waals surface area contributed by atoms with Crippen LogP contribution >= 0.6 is 27.7 Å². The topological polar surface area (TPSA) is 120 Å². The van der Waals surface area contributed by atoms with Crippen molar-refractivity contribution in [1.82, 2.24) is 0 Å². The van der Waals surface area contributed by atoms with Gasteiger partial charge in [0, 0.05) is 16.6 Å². The van der Waals surface area contributed by atoms with Gasteiger partial charge in [0.25, 0.3) is 5.69 Å². The molecule has 9 nitrogen and oxygen atoms in total. The second-order valence-corrected chi connectivity index (χ2v) is 10.2. The van der Waals surface area contributed by atoms with E-state index in [0.717, 1.165) is 17.3 Å². The summed E-state index contributed by atoms with van der Waals surface area (Å²) in [6.07, 6.45) is 1.72. The standard InChI is InChI=1S/C29H25BrN2O7S/c1-3-37-23-14-19(22(30)16-24(23)39-17-18-10-12-21(13-11-18)32(35)36)15-25-27(33)26(29(34)38-4-2)28(40-25)31-20-8-6-5-7-9-20/h5-16,33H,3-4,17H2,1-2H3/b25-15-,31-28?. The number of thioether (sulfide) groups is 1. The molecule has 1 aliphatic rings. The van der Waals surface area contributed by atoms with Crippen LogP contribution in [0.3, 0.4) is 0 Å². The number of carbonyl (C=O) groups excluding carboxylic acids is 1. The first kappa shape index (κ1) is 28.9. The van der Waals surface area contributed by atoms with Crippen LogP contribution in [0, 0.1) is 10.1 Å². The predicted octanol–water partition coefficient (Wildman–Crippen LogP) is 7.53. The van der Waals surface area contributed by atoms with Crippen LogP contribution in [0.4, 0.5) is 11.4 Å². The molecule has 0 fully saturated rings. The lowest BCUT2D eigenvalue weighted by Gasteiger charge is -2.14. The molecule has 40 heavy (non-hydrogen) atoms. The van der Waals surface area contributed by atoms with Gasteiger partial charge in [-0.1, -0.05) is 45.9 Å². The van der Waals surface area contributed by atoms with E-state index < -0.39 is 10.9 Å². The summed E-state index contributed by atoms with van der Waals surface area (Å²) in [6.45, 7) is 4.25. The summed E-state index contributed by atoms with van der Waals surface area (Å²) in [5.74, 6) is 0.0532. The summed E-state index contributed by atoms with van der Waals surface area (Å²) in [6, 6.07) is 18.8. The molecule has 0 spiro atoms. The van der Waals surface area contributed by atoms with Crippen molar-refractivity contribution in [3.05, 3.63) is 109 Å². The van der Waals surface area contributed by atoms with Crippen LogP contribution in [0.25, 0.3) is 6.08 Å². The van der Waals surface area contributed by atoms with E-state index in [0.29, 0.717) is 43.8 Å². The van der Waals surface area contributed by atoms with Crippen molar-refractivity contribution in [2.75, 3.05) is 13.2 Å². The van der Waals surface area contributed by atoms with Crippen LogP contribution in [-0.2, 0) is 16.1 Å². The maximum atomic E-state index is 12.7. The number of halogens is 1. The summed E-state index contributed by atoms with van der Waals surface area (Å²) in [5.41, 5.74) is 2.07. The largest absolute Gasteiger partial charge is 0.506 e. The van der Waals surface area contributed by atoms with E-state index in [9.17, 15) is 20.0 Å². The van der Waals surface area contributed by atoms with Crippen LogP contribution < -0.4 is 9.47 Å². The van der Waals surface area contributed by atoms with Gasteiger partial charge < -0.3 is 19.3 Å². The lowest BCUT2D eigenvalue weighted by atomic mass is 10.1. The van der Waals surface area contributed by atoms with Gasteiger partial charge in [0.15, 0.2) is 11.5 Å². The smallest absolute Gasteiger partial charge is 0.344 e. The average Bonchev–Trinajstić information content (AvgIpc) is 3.24. The van der Waals surface area contributed by atoms with Crippen LogP contribution in [0.2, 0.25) is 0 Å². The molecule has 4 rings (SSSR count). The molecule has 3 aromatic carbocycles. The number of hydrogen-bond donors (Lipinski definition) is 1. The van der Waals surface area contributed by atoms with Gasteiger partial charge in [-0.2, -0.15) is 0 Å². The van der Waals surface area contributed by atoms with E-state index in [-0.39, 0.29) is 30.2 Å². The number of ether oxygens (including phenoxy) is 3. The molecule has 0 saturated heterocycles. The summed E-state index contributed by atoms with van der Waals surface area (Å²) in [4.78, 5) is 28.1. The number of aliphatic imine (C=N–C) groups is 1. The number of nitrogens with zero attached hydrogens (tertiary/aromatic N) is 2. The minimum absolute atomic E-state index is 0.00376. The fraction of sp³-hybridized carbons (Fsp3) is 0.172. The van der Waals surface area contributed by atoms with Gasteiger partial charge in [0.05, 0.1) is 28.7 Å². The molecule has 0 bridgehead atoms. The Bertz CT molecular complexity index is 1500. The molecule has 0 atom stereocenters. The predicted molar refractivity (Wildman–Crippen MR) is 158 cm³/mol. The summed E-state index contributed by atoms with van der Waals surface area (Å²) < 4.78 is 17.6. The molecular formula is C29H25BrN2O7S. The minimum atomic E-state index is -0.658. The zero-order valence-corrected chi connectivity index (χ0v) is 24.0. The van der Waals surface area contributed by atoms with Gasteiger partial charge in [0.2, 0.25) is 0 Å². The molecule has 11 heteroatoms. The number of rotatable bonds is 10. The Morgan fingerprint density at radius 1 is 1.05 bits per heavy atom. The molecule has 1 aliphatic heterocycles. The van der Waals surface area contributed by atoms with E-state index in [2.05, 4.69) is 20.9 Å². The number of nitro benzene ring substituents is 1. The van der Waals surface area contributed by atoms with Crippen LogP contribution in [0.15, 0.2) is 92.4 Å². The van der Waals surface area contributed by atoms with Gasteiger partial charge in [0.1, 0.15) is 23.0 Å². The number of para-hydroxylation sites is 1. The zero-order chi connectivity index (χ0) is 28.6. The second-order valence-electron chi connectivity index (χ2n) is 8.27. The van der Waals surface area contributed by atoms with Crippen molar-refractivity contribution in [3.63, 3.8) is 0 Å². The van der Waals surface area contributed by atoms with Crippen molar-refractivity contribution < 1.29 is 29.0 Å². The molecule has 3 aromatic rings. The minimum Gasteiger partial charge on any atom is -0.506 e. The molecule has 206 valence electrons. The maximum absolute atomic E-state index is 12.7. The zero-order valence-electron chi connectivity index (χ0n) is 21.6. The van der Waals surface area contributed by atoms with E-state index in [4.69, 9.17) is 14.2 Å². The van der Waals surface area contributed by atoms with Gasteiger partial charge >= 0.3 is 5.97 Å². The Kier molecular flexibility index (Phi) is 9.62. The highest BCUT2D eigenvalue weighted by Gasteiger charge is 2.33. The number of carbonyl (C=O) groups is 1. The highest BCUT2D eigenvalue weighted by molar-refractivity contribution is 9.10. The van der Waals surface area contributed by atoms with Gasteiger partial charge in [-0.25, -0.2) is 9.79 Å². The van der Waals surface area contributed by atoms with Gasteiger partial charge in [-0.15, -0.1) is 0 Å². The highest BCUT2D eigenvalue weighted by Crippen LogP contribution is 2.42. The van der Waals surface area contributed by atoms with E-state index in [1.165, 1.54) is 12.1 Å². The molecule has 0 aromatic heterocycles. The number of esters is 1. The lowest BCUT2D eigenvalue weighted by Crippen LogP contribution is -2.12. The Balaban J connectivity index is 1.65. The van der Waals surface area contributed by atoms with E-state index >= 15 is 0 Å². The van der Waals surface area contributed by atoms with Crippen molar-refractivity contribution >= 4 is 56.2 Å². The average molecular weight is 625 g/mol. The monoisotopic (exact) mass is 624 g/mol. The normalized spacial score (nSPS) is 15.0. The molecule has 0 aliphatic carbocycles. The Labute approximate surface area is 243 Å². The second kappa shape index (κ2) is 13.3. The molecule has 0 saturated carbocycles. The number of aliphatic hydroxyl groups is 1. The van der Waals surface area contributed by atoms with E-state index in [1.807, 2.05) is 25.1 Å². The third-order valence-electron chi connectivity index (χ3n) is 5.55. The third kappa shape index (κ3) is 6.91. The summed E-state index contributed by atoms with van der Waals surface area (Å²) in [5, 5.41) is 22.3. The SMILES string of the molecule is CCOC(=O)C1=C(O)/C(=C/c2cc(OCC)c(OCc3ccc([N+](=O)[O-])cc3)cc2Br)SC1=Nc1ccccc1. The third-order valence-corrected chi connectivity index (χ3v) is 7.25. The highest BCUT2D eigenvalue weighted by atomic mass is 79.9. The number of nitro groups is 1. The summed E-state index contributed by atoms with van der Waals surface area (Å²) in [7, 11) is 0. The molecule has 0 unspecified atom stereocenters. The first-order valence-electron chi connectivity index (χ1n) is 12.3. The van der Waals surface area contributed by atoms with Crippen LogP contribution in [0.5, 0.6) is 11.5 Å². The van der Waals surface area contributed by atoms with Crippen molar-refractivity contribution in [1.29, 1.82) is 0 Å². The van der Waals surface area contributed by atoms with Gasteiger partial charge in [-0.3, -0.25) is 10.1 Å². The summed E-state index contributed by atoms with van der Waals surface area (Å²) >= 11 is 4.72. The molecule has 0 radical (unpaired) electrons. The lowest BCUT2D eigenvalue weighted by molar-refractivity contribution is -0.384. The first-order valence-corrected chi connectivity index (χ1v) is 13.9. The maximum Gasteiger partial charge on any atom is 0.344 e. The Morgan fingerprint density at radius 2 is 1.75 bits per heavy atom.